The molecule has 2 aromatic rings. The molecule has 94 valence electrons. The highest BCUT2D eigenvalue weighted by Gasteiger charge is 2.14. The molecular formula is C13H13NO2S2. The molecule has 0 aliphatic heterocycles. The molecule has 0 radical (unpaired) electrons. The van der Waals surface area contributed by atoms with Crippen LogP contribution in [0.4, 0.5) is 0 Å². The smallest absolute Gasteiger partial charge is 0.363 e. The van der Waals surface area contributed by atoms with E-state index < -0.39 is 5.97 Å². The number of benzene rings is 1. The van der Waals surface area contributed by atoms with Crippen molar-refractivity contribution in [3.63, 3.8) is 0 Å². The van der Waals surface area contributed by atoms with Gasteiger partial charge in [0.25, 0.3) is 0 Å². The van der Waals surface area contributed by atoms with Crippen LogP contribution >= 0.6 is 23.1 Å². The topological polar surface area (TPSA) is 39.2 Å². The van der Waals surface area contributed by atoms with E-state index in [4.69, 9.17) is 4.74 Å². The van der Waals surface area contributed by atoms with Crippen molar-refractivity contribution in [2.75, 3.05) is 5.75 Å². The molecule has 0 aliphatic carbocycles. The normalized spacial score (nSPS) is 10.3. The van der Waals surface area contributed by atoms with Crippen molar-refractivity contribution in [2.45, 2.75) is 18.7 Å². The Bertz CT molecular complexity index is 551. The predicted octanol–water partition coefficient (Wildman–Crippen LogP) is 3.78. The van der Waals surface area contributed by atoms with Gasteiger partial charge < -0.3 is 4.74 Å². The monoisotopic (exact) mass is 279 g/mol. The van der Waals surface area contributed by atoms with E-state index in [0.29, 0.717) is 11.4 Å². The molecule has 1 aromatic heterocycles. The van der Waals surface area contributed by atoms with Gasteiger partial charge in [-0.15, -0.1) is 23.1 Å². The second-order valence-corrected chi connectivity index (χ2v) is 5.89. The molecule has 0 saturated carbocycles. The SMILES string of the molecule is CCSc1ccccc1OC(=O)c1csc(C)n1. The number of esters is 1. The lowest BCUT2D eigenvalue weighted by atomic mass is 10.3. The average Bonchev–Trinajstić information content (AvgIpc) is 2.79. The van der Waals surface area contributed by atoms with Crippen LogP contribution in [-0.4, -0.2) is 16.7 Å². The van der Waals surface area contributed by atoms with E-state index in [1.807, 2.05) is 25.1 Å². The summed E-state index contributed by atoms with van der Waals surface area (Å²) in [5.41, 5.74) is 0.369. The van der Waals surface area contributed by atoms with Gasteiger partial charge in [-0.1, -0.05) is 19.1 Å². The van der Waals surface area contributed by atoms with Gasteiger partial charge >= 0.3 is 5.97 Å². The maximum atomic E-state index is 11.9. The molecule has 0 amide bonds. The van der Waals surface area contributed by atoms with Gasteiger partial charge in [0.05, 0.1) is 9.90 Å². The lowest BCUT2D eigenvalue weighted by molar-refractivity contribution is 0.0725. The van der Waals surface area contributed by atoms with Crippen molar-refractivity contribution in [1.82, 2.24) is 4.98 Å². The molecule has 0 N–H and O–H groups in total. The third kappa shape index (κ3) is 3.11. The fourth-order valence-corrected chi connectivity index (χ4v) is 2.74. The second-order valence-electron chi connectivity index (χ2n) is 3.52. The van der Waals surface area contributed by atoms with Crippen LogP contribution in [0, 0.1) is 6.92 Å². The van der Waals surface area contributed by atoms with Crippen molar-refractivity contribution in [2.24, 2.45) is 0 Å². The molecule has 0 spiro atoms. The molecule has 1 aromatic carbocycles. The van der Waals surface area contributed by atoms with E-state index in [2.05, 4.69) is 11.9 Å². The third-order valence-corrected chi connectivity index (χ3v) is 3.89. The molecule has 0 saturated heterocycles. The summed E-state index contributed by atoms with van der Waals surface area (Å²) in [5.74, 6) is 1.13. The molecule has 0 aliphatic rings. The largest absolute Gasteiger partial charge is 0.421 e. The maximum absolute atomic E-state index is 11.9. The number of rotatable bonds is 4. The second kappa shape index (κ2) is 6.02. The Morgan fingerprint density at radius 1 is 1.44 bits per heavy atom. The average molecular weight is 279 g/mol. The summed E-state index contributed by atoms with van der Waals surface area (Å²) in [5, 5.41) is 2.57. The molecule has 0 unspecified atom stereocenters. The zero-order chi connectivity index (χ0) is 13.0. The first-order valence-electron chi connectivity index (χ1n) is 5.57. The zero-order valence-corrected chi connectivity index (χ0v) is 11.8. The van der Waals surface area contributed by atoms with Gasteiger partial charge in [0.1, 0.15) is 5.75 Å². The van der Waals surface area contributed by atoms with Crippen LogP contribution in [-0.2, 0) is 0 Å². The van der Waals surface area contributed by atoms with Gasteiger partial charge in [-0.25, -0.2) is 9.78 Å². The number of aromatic nitrogens is 1. The Hall–Kier alpha value is -1.33. The van der Waals surface area contributed by atoms with Crippen molar-refractivity contribution in [1.29, 1.82) is 0 Å². The highest BCUT2D eigenvalue weighted by molar-refractivity contribution is 7.99. The van der Waals surface area contributed by atoms with E-state index in [1.54, 1.807) is 23.2 Å². The molecule has 0 atom stereocenters. The number of carbonyl (C=O) groups excluding carboxylic acids is 1. The van der Waals surface area contributed by atoms with Crippen molar-refractivity contribution in [3.05, 3.63) is 40.3 Å². The first-order chi connectivity index (χ1) is 8.70. The van der Waals surface area contributed by atoms with Gasteiger partial charge in [-0.05, 0) is 24.8 Å². The molecule has 3 nitrogen and oxygen atoms in total. The molecule has 0 bridgehead atoms. The molecule has 1 heterocycles. The van der Waals surface area contributed by atoms with Crippen LogP contribution in [0.15, 0.2) is 34.5 Å². The highest BCUT2D eigenvalue weighted by Crippen LogP contribution is 2.29. The predicted molar refractivity (Wildman–Crippen MR) is 74.6 cm³/mol. The van der Waals surface area contributed by atoms with E-state index in [0.717, 1.165) is 15.7 Å². The van der Waals surface area contributed by atoms with E-state index in [9.17, 15) is 4.79 Å². The molecular weight excluding hydrogens is 266 g/mol. The van der Waals surface area contributed by atoms with Crippen LogP contribution in [0.3, 0.4) is 0 Å². The zero-order valence-electron chi connectivity index (χ0n) is 10.2. The van der Waals surface area contributed by atoms with Gasteiger partial charge in [0.2, 0.25) is 0 Å². The summed E-state index contributed by atoms with van der Waals surface area (Å²) in [7, 11) is 0. The van der Waals surface area contributed by atoms with Crippen LogP contribution < -0.4 is 4.74 Å². The minimum atomic E-state index is -0.400. The van der Waals surface area contributed by atoms with Gasteiger partial charge in [-0.2, -0.15) is 0 Å². The number of ether oxygens (including phenoxy) is 1. The number of thiazole rings is 1. The standard InChI is InChI=1S/C13H13NO2S2/c1-3-17-12-7-5-4-6-11(12)16-13(15)10-8-18-9(2)14-10/h4-8H,3H2,1-2H3. The Morgan fingerprint density at radius 2 is 2.22 bits per heavy atom. The Kier molecular flexibility index (Phi) is 4.38. The number of nitrogens with zero attached hydrogens (tertiary/aromatic N) is 1. The number of hydrogen-bond acceptors (Lipinski definition) is 5. The Morgan fingerprint density at radius 3 is 2.89 bits per heavy atom. The van der Waals surface area contributed by atoms with E-state index in [1.165, 1.54) is 11.3 Å². The van der Waals surface area contributed by atoms with Crippen molar-refractivity contribution in [3.8, 4) is 5.75 Å². The summed E-state index contributed by atoms with van der Waals surface area (Å²) in [6.07, 6.45) is 0. The quantitative estimate of drug-likeness (QED) is 0.485. The fraction of sp³-hybridized carbons (Fsp3) is 0.231. The van der Waals surface area contributed by atoms with Gasteiger partial charge in [0, 0.05) is 5.38 Å². The van der Waals surface area contributed by atoms with Crippen LogP contribution in [0.2, 0.25) is 0 Å². The fourth-order valence-electron chi connectivity index (χ4n) is 1.42. The van der Waals surface area contributed by atoms with Crippen molar-refractivity contribution < 1.29 is 9.53 Å². The summed E-state index contributed by atoms with van der Waals surface area (Å²) in [6.45, 7) is 3.93. The first-order valence-corrected chi connectivity index (χ1v) is 7.43. The third-order valence-electron chi connectivity index (χ3n) is 2.18. The van der Waals surface area contributed by atoms with E-state index in [-0.39, 0.29) is 0 Å². The summed E-state index contributed by atoms with van der Waals surface area (Å²) >= 11 is 3.09. The summed E-state index contributed by atoms with van der Waals surface area (Å²) < 4.78 is 5.38. The number of thioether (sulfide) groups is 1. The minimum absolute atomic E-state index is 0.369. The molecule has 0 fully saturated rings. The van der Waals surface area contributed by atoms with Crippen LogP contribution in [0.1, 0.15) is 22.4 Å². The van der Waals surface area contributed by atoms with Gasteiger partial charge in [0.15, 0.2) is 5.69 Å². The Labute approximate surface area is 114 Å². The number of hydrogen-bond donors (Lipinski definition) is 0. The number of para-hydroxylation sites is 1. The lowest BCUT2D eigenvalue weighted by Gasteiger charge is -2.07. The molecule has 18 heavy (non-hydrogen) atoms. The number of aryl methyl sites for hydroxylation is 1. The summed E-state index contributed by atoms with van der Waals surface area (Å²) in [4.78, 5) is 17.0. The number of carbonyl (C=O) groups is 1. The van der Waals surface area contributed by atoms with Crippen LogP contribution in [0.25, 0.3) is 0 Å². The molecule has 2 rings (SSSR count). The van der Waals surface area contributed by atoms with Crippen LogP contribution in [0.5, 0.6) is 5.75 Å². The Balaban J connectivity index is 2.16. The minimum Gasteiger partial charge on any atom is -0.421 e. The first kappa shape index (κ1) is 13.1. The van der Waals surface area contributed by atoms with E-state index >= 15 is 0 Å². The maximum Gasteiger partial charge on any atom is 0.363 e. The van der Waals surface area contributed by atoms with Crippen molar-refractivity contribution >= 4 is 29.1 Å². The van der Waals surface area contributed by atoms with Gasteiger partial charge in [-0.3, -0.25) is 0 Å². The lowest BCUT2D eigenvalue weighted by Crippen LogP contribution is -2.09. The summed E-state index contributed by atoms with van der Waals surface area (Å²) in [6, 6.07) is 7.54. The molecule has 5 heteroatoms. The highest BCUT2D eigenvalue weighted by atomic mass is 32.2.